The fourth-order valence-corrected chi connectivity index (χ4v) is 8.19. The van der Waals surface area contributed by atoms with Gasteiger partial charge >= 0.3 is 18.2 Å². The lowest BCUT2D eigenvalue weighted by atomic mass is 9.66. The van der Waals surface area contributed by atoms with Gasteiger partial charge in [0.2, 0.25) is 11.8 Å². The Hall–Kier alpha value is -4.60. The molecule has 1 aliphatic carbocycles. The van der Waals surface area contributed by atoms with E-state index < -0.39 is 88.9 Å². The lowest BCUT2D eigenvalue weighted by Gasteiger charge is -2.47. The molecule has 0 bridgehead atoms. The summed E-state index contributed by atoms with van der Waals surface area (Å²) in [6.45, 7) is 6.30. The van der Waals surface area contributed by atoms with Gasteiger partial charge in [0.15, 0.2) is 11.4 Å². The van der Waals surface area contributed by atoms with E-state index in [2.05, 4.69) is 15.6 Å². The molecule has 3 N–H and O–H groups in total. The molecule has 300 valence electrons. The molecule has 3 aliphatic heterocycles. The second kappa shape index (κ2) is 15.1. The third-order valence-corrected chi connectivity index (χ3v) is 10.8. The first-order chi connectivity index (χ1) is 25.9. The van der Waals surface area contributed by atoms with Crippen molar-refractivity contribution >= 4 is 34.8 Å². The number of amides is 3. The molecule has 1 unspecified atom stereocenters. The molecule has 55 heavy (non-hydrogen) atoms. The van der Waals surface area contributed by atoms with Crippen LogP contribution in [0.1, 0.15) is 103 Å². The summed E-state index contributed by atoms with van der Waals surface area (Å²) in [4.78, 5) is 60.9. The highest BCUT2D eigenvalue weighted by atomic mass is 19.4. The Labute approximate surface area is 317 Å². The van der Waals surface area contributed by atoms with Crippen molar-refractivity contribution in [2.75, 3.05) is 20.3 Å². The maximum Gasteiger partial charge on any atom is 0.437 e. The zero-order valence-electron chi connectivity index (χ0n) is 31.7. The number of alkyl halides is 3. The molecule has 4 heterocycles. The van der Waals surface area contributed by atoms with Gasteiger partial charge in [-0.1, -0.05) is 25.0 Å². The Balaban J connectivity index is 1.44. The van der Waals surface area contributed by atoms with E-state index in [-0.39, 0.29) is 48.8 Å². The quantitative estimate of drug-likeness (QED) is 0.261. The number of methoxy groups -OCH3 is 1. The molecule has 6 atom stereocenters. The highest BCUT2D eigenvalue weighted by molar-refractivity contribution is 5.96. The number of aliphatic hydroxyl groups is 1. The summed E-state index contributed by atoms with van der Waals surface area (Å²) in [7, 11) is 1.40. The van der Waals surface area contributed by atoms with Gasteiger partial charge in [0.05, 0.1) is 31.9 Å². The Morgan fingerprint density at radius 1 is 1.13 bits per heavy atom. The highest BCUT2D eigenvalue weighted by Gasteiger charge is 2.59. The van der Waals surface area contributed by atoms with Crippen molar-refractivity contribution in [1.29, 1.82) is 0 Å². The number of esters is 1. The second-order valence-corrected chi connectivity index (χ2v) is 15.9. The molecule has 2 aromatic rings. The largest absolute Gasteiger partial charge is 0.497 e. The lowest BCUT2D eigenvalue weighted by Crippen LogP contribution is -2.67. The monoisotopic (exact) mass is 774 g/mol. The van der Waals surface area contributed by atoms with Crippen molar-refractivity contribution in [3.8, 4) is 11.5 Å². The first-order valence-corrected chi connectivity index (χ1v) is 18.8. The topological polar surface area (TPSA) is 166 Å². The molecule has 1 spiro atoms. The summed E-state index contributed by atoms with van der Waals surface area (Å²) in [5.74, 6) is -2.85. The van der Waals surface area contributed by atoms with Crippen LogP contribution in [0.15, 0.2) is 30.4 Å². The van der Waals surface area contributed by atoms with Crippen LogP contribution in [0.25, 0.3) is 10.9 Å². The molecule has 1 saturated heterocycles. The molecule has 3 amide bonds. The van der Waals surface area contributed by atoms with E-state index in [1.807, 2.05) is 12.2 Å². The molecule has 1 saturated carbocycles. The van der Waals surface area contributed by atoms with Gasteiger partial charge in [-0.05, 0) is 78.0 Å². The zero-order valence-corrected chi connectivity index (χ0v) is 31.7. The summed E-state index contributed by atoms with van der Waals surface area (Å²) in [6, 6.07) is 1.72. The molecule has 1 aromatic carbocycles. The van der Waals surface area contributed by atoms with E-state index in [1.54, 1.807) is 27.7 Å². The van der Waals surface area contributed by atoms with Crippen LogP contribution in [0.3, 0.4) is 0 Å². The van der Waals surface area contributed by atoms with Gasteiger partial charge in [-0.15, -0.1) is 0 Å². The van der Waals surface area contributed by atoms with Crippen molar-refractivity contribution in [2.24, 2.45) is 5.92 Å². The second-order valence-electron chi connectivity index (χ2n) is 15.9. The van der Waals surface area contributed by atoms with E-state index in [9.17, 15) is 37.5 Å². The Kier molecular flexibility index (Phi) is 11.0. The minimum atomic E-state index is -5.01. The van der Waals surface area contributed by atoms with Crippen LogP contribution in [0, 0.1) is 5.92 Å². The number of rotatable bonds is 4. The molecule has 0 radical (unpaired) electrons. The Morgan fingerprint density at radius 3 is 2.55 bits per heavy atom. The summed E-state index contributed by atoms with van der Waals surface area (Å²) >= 11 is 0. The molecule has 13 nitrogen and oxygen atoms in total. The number of alkyl carbamates (subject to hydrolysis) is 1. The van der Waals surface area contributed by atoms with Gasteiger partial charge in [0, 0.05) is 29.7 Å². The van der Waals surface area contributed by atoms with Crippen LogP contribution >= 0.6 is 0 Å². The Bertz CT molecular complexity index is 1860. The number of carbonyl (C=O) groups excluding carboxylic acids is 4. The minimum Gasteiger partial charge on any atom is -0.497 e. The third-order valence-electron chi connectivity index (χ3n) is 10.8. The van der Waals surface area contributed by atoms with Crippen LogP contribution < -0.4 is 20.1 Å². The average Bonchev–Trinajstić information content (AvgIpc) is 3.45. The Morgan fingerprint density at radius 2 is 1.89 bits per heavy atom. The number of hydrogen-bond acceptors (Lipinski definition) is 10. The number of nitrogens with zero attached hydrogens (tertiary/aromatic N) is 2. The number of pyridine rings is 1. The van der Waals surface area contributed by atoms with E-state index >= 15 is 0 Å². The van der Waals surface area contributed by atoms with E-state index in [0.717, 1.165) is 6.42 Å². The number of hydrogen-bond donors (Lipinski definition) is 3. The number of benzene rings is 1. The maximum absolute atomic E-state index is 14.7. The van der Waals surface area contributed by atoms with Gasteiger partial charge in [-0.3, -0.25) is 9.59 Å². The van der Waals surface area contributed by atoms with E-state index in [0.29, 0.717) is 31.4 Å². The van der Waals surface area contributed by atoms with Crippen molar-refractivity contribution in [3.05, 3.63) is 41.6 Å². The van der Waals surface area contributed by atoms with Gasteiger partial charge in [0.25, 0.3) is 0 Å². The summed E-state index contributed by atoms with van der Waals surface area (Å²) < 4.78 is 66.7. The van der Waals surface area contributed by atoms with Crippen molar-refractivity contribution in [1.82, 2.24) is 20.5 Å². The number of ether oxygens (including phenoxy) is 4. The summed E-state index contributed by atoms with van der Waals surface area (Å²) in [5.41, 5.74) is -5.59. The highest BCUT2D eigenvalue weighted by Crippen LogP contribution is 2.52. The number of fused-ring (bicyclic) bond motifs is 5. The predicted molar refractivity (Wildman–Crippen MR) is 192 cm³/mol. The minimum absolute atomic E-state index is 0.0384. The van der Waals surface area contributed by atoms with Gasteiger partial charge in [0.1, 0.15) is 34.6 Å². The first-order valence-electron chi connectivity index (χ1n) is 18.8. The number of nitrogens with one attached hydrogen (secondary N) is 2. The maximum atomic E-state index is 14.7. The average molecular weight is 775 g/mol. The van der Waals surface area contributed by atoms with Gasteiger partial charge in [-0.25, -0.2) is 14.6 Å². The van der Waals surface area contributed by atoms with Crippen molar-refractivity contribution in [3.63, 3.8) is 0 Å². The fraction of sp³-hybridized carbons (Fsp3) is 0.615. The van der Waals surface area contributed by atoms with Crippen LogP contribution in [-0.4, -0.2) is 88.0 Å². The lowest BCUT2D eigenvalue weighted by molar-refractivity contribution is -0.161. The molecular formula is C39H49F3N4O9. The first kappa shape index (κ1) is 40.1. The van der Waals surface area contributed by atoms with E-state index in [1.165, 1.54) is 30.2 Å². The smallest absolute Gasteiger partial charge is 0.437 e. The number of allylic oxidation sites excluding steroid dienone is 1. The fourth-order valence-electron chi connectivity index (χ4n) is 8.19. The van der Waals surface area contributed by atoms with Crippen molar-refractivity contribution < 1.29 is 56.4 Å². The van der Waals surface area contributed by atoms with Crippen molar-refractivity contribution in [2.45, 2.75) is 127 Å². The number of aromatic nitrogens is 1. The van der Waals surface area contributed by atoms with Crippen LogP contribution in [-0.2, 0) is 30.0 Å². The van der Waals surface area contributed by atoms with Crippen LogP contribution in [0.5, 0.6) is 11.5 Å². The SMILES string of the molecule is CCOC(=O)[C@@]12CC[C@H]1/C=C\CCCCC[C@H](NC(=O)OC(C)(C)C)C(=O)N1C[C@@]3(CC(O)c4c(c(C(F)(F)F)nc5ccc(OC)cc45)O3)C[C@H]1C(=O)N2. The van der Waals surface area contributed by atoms with Crippen LogP contribution in [0.4, 0.5) is 18.0 Å². The molecule has 1 aromatic heterocycles. The summed E-state index contributed by atoms with van der Waals surface area (Å²) in [6.07, 6.45) is -0.485. The predicted octanol–water partition coefficient (Wildman–Crippen LogP) is 5.66. The van der Waals surface area contributed by atoms with Gasteiger partial charge in [-0.2, -0.15) is 13.2 Å². The normalized spacial score (nSPS) is 29.3. The number of halogens is 3. The zero-order chi connectivity index (χ0) is 39.9. The third kappa shape index (κ3) is 8.05. The number of aliphatic hydroxyl groups excluding tert-OH is 1. The molecule has 6 rings (SSSR count). The molecular weight excluding hydrogens is 725 g/mol. The van der Waals surface area contributed by atoms with E-state index in [4.69, 9.17) is 18.9 Å². The molecule has 2 fully saturated rings. The number of carbonyl (C=O) groups is 4. The molecule has 16 heteroatoms. The van der Waals surface area contributed by atoms with Crippen LogP contribution in [0.2, 0.25) is 0 Å². The standard InChI is InChI=1S/C39H49F3N4O9/c1-6-53-34(50)38-17-16-22(38)12-10-8-7-9-11-13-26(44-35(51)55-36(2,3)4)33(49)46-21-37(19-27(46)32(48)45-38)20-28(47)29-24-18-23(52-5)14-15-25(24)43-31(30(29)54-37)39(40,41)42/h10,12,14-15,18,22,26-28,47H,6-9,11,13,16-17,19-21H2,1-5H3,(H,44,51)(H,45,48)/b12-10-/t22-,26+,27+,28?,37+,38-/m1/s1. The van der Waals surface area contributed by atoms with Gasteiger partial charge < -0.3 is 39.6 Å². The molecule has 4 aliphatic rings. The summed E-state index contributed by atoms with van der Waals surface area (Å²) in [5, 5.41) is 17.5.